The van der Waals surface area contributed by atoms with Crippen LogP contribution in [0.15, 0.2) is 48.5 Å². The van der Waals surface area contributed by atoms with Gasteiger partial charge in [0.25, 0.3) is 0 Å². The minimum Gasteiger partial charge on any atom is -0.497 e. The number of anilines is 1. The normalized spacial score (nSPS) is 14.6. The molecule has 30 heavy (non-hydrogen) atoms. The number of nitrogens with one attached hydrogen (secondary N) is 2. The van der Waals surface area contributed by atoms with Crippen molar-refractivity contribution in [2.75, 3.05) is 25.5 Å². The van der Waals surface area contributed by atoms with Crippen LogP contribution in [0.2, 0.25) is 0 Å². The molecule has 6 nitrogen and oxygen atoms in total. The maximum Gasteiger partial charge on any atom is 0.321 e. The van der Waals surface area contributed by atoms with E-state index in [4.69, 9.17) is 4.74 Å². The fourth-order valence-electron chi connectivity index (χ4n) is 3.99. The average Bonchev–Trinajstić information content (AvgIpc) is 3.25. The zero-order chi connectivity index (χ0) is 21.1. The lowest BCUT2D eigenvalue weighted by atomic mass is 9.93. The van der Waals surface area contributed by atoms with E-state index < -0.39 is 0 Å². The Morgan fingerprint density at radius 1 is 1.13 bits per heavy atom. The highest BCUT2D eigenvalue weighted by Gasteiger charge is 2.25. The molecule has 2 N–H and O–H groups in total. The molecule has 0 radical (unpaired) electrons. The fourth-order valence-corrected chi connectivity index (χ4v) is 3.99. The lowest BCUT2D eigenvalue weighted by Crippen LogP contribution is -2.40. The van der Waals surface area contributed by atoms with Crippen LogP contribution >= 0.6 is 0 Å². The van der Waals surface area contributed by atoms with E-state index in [1.165, 1.54) is 5.56 Å². The number of rotatable bonds is 4. The second-order valence-corrected chi connectivity index (χ2v) is 7.95. The standard InChI is InChI=1S/C24H28N4O2/c1-16-5-4-6-19(13-16)23-15-22(26-27-23)18-9-11-28(12-10-18)24(29)25-21-8-7-20(30-3)14-17(21)2/h4-8,13-15,18H,9-12H2,1-3H3,(H,25,29)(H,26,27). The Morgan fingerprint density at radius 3 is 2.63 bits per heavy atom. The summed E-state index contributed by atoms with van der Waals surface area (Å²) in [5.74, 6) is 1.18. The van der Waals surface area contributed by atoms with E-state index in [1.54, 1.807) is 7.11 Å². The van der Waals surface area contributed by atoms with Gasteiger partial charge < -0.3 is 15.0 Å². The maximum absolute atomic E-state index is 12.7. The number of piperidine rings is 1. The Balaban J connectivity index is 1.35. The minimum atomic E-state index is -0.0493. The molecule has 3 aromatic rings. The van der Waals surface area contributed by atoms with Gasteiger partial charge in [0.05, 0.1) is 12.8 Å². The van der Waals surface area contributed by atoms with Crippen molar-refractivity contribution in [1.82, 2.24) is 15.1 Å². The predicted molar refractivity (Wildman–Crippen MR) is 119 cm³/mol. The van der Waals surface area contributed by atoms with Gasteiger partial charge in [-0.1, -0.05) is 23.8 Å². The van der Waals surface area contributed by atoms with Crippen molar-refractivity contribution in [2.24, 2.45) is 0 Å². The molecule has 0 saturated carbocycles. The van der Waals surface area contributed by atoms with Gasteiger partial charge in [0, 0.05) is 36.0 Å². The van der Waals surface area contributed by atoms with E-state index >= 15 is 0 Å². The fraction of sp³-hybridized carbons (Fsp3) is 0.333. The molecule has 1 aliphatic heterocycles. The van der Waals surface area contributed by atoms with Crippen LogP contribution in [0.25, 0.3) is 11.3 Å². The van der Waals surface area contributed by atoms with Crippen LogP contribution < -0.4 is 10.1 Å². The topological polar surface area (TPSA) is 70.2 Å². The lowest BCUT2D eigenvalue weighted by Gasteiger charge is -2.31. The summed E-state index contributed by atoms with van der Waals surface area (Å²) in [6, 6.07) is 16.1. The van der Waals surface area contributed by atoms with E-state index in [0.29, 0.717) is 5.92 Å². The highest BCUT2D eigenvalue weighted by Crippen LogP contribution is 2.30. The van der Waals surface area contributed by atoms with Crippen molar-refractivity contribution < 1.29 is 9.53 Å². The van der Waals surface area contributed by atoms with Gasteiger partial charge in [0.1, 0.15) is 5.75 Å². The Morgan fingerprint density at radius 2 is 1.93 bits per heavy atom. The third kappa shape index (κ3) is 4.32. The summed E-state index contributed by atoms with van der Waals surface area (Å²) >= 11 is 0. The minimum absolute atomic E-state index is 0.0493. The third-order valence-corrected chi connectivity index (χ3v) is 5.81. The molecule has 1 aliphatic rings. The summed E-state index contributed by atoms with van der Waals surface area (Å²) in [6.07, 6.45) is 1.84. The number of aryl methyl sites for hydroxylation is 2. The molecule has 0 aliphatic carbocycles. The van der Waals surface area contributed by atoms with Crippen LogP contribution in [0.3, 0.4) is 0 Å². The molecule has 0 spiro atoms. The summed E-state index contributed by atoms with van der Waals surface area (Å²) in [4.78, 5) is 14.6. The summed E-state index contributed by atoms with van der Waals surface area (Å²) in [6.45, 7) is 5.51. The molecule has 4 rings (SSSR count). The zero-order valence-electron chi connectivity index (χ0n) is 17.7. The van der Waals surface area contributed by atoms with E-state index in [1.807, 2.05) is 30.0 Å². The number of benzene rings is 2. The molecular weight excluding hydrogens is 376 g/mol. The van der Waals surface area contributed by atoms with Gasteiger partial charge in [-0.05, 0) is 62.6 Å². The Labute approximate surface area is 177 Å². The largest absolute Gasteiger partial charge is 0.497 e. The number of carbonyl (C=O) groups excluding carboxylic acids is 1. The monoisotopic (exact) mass is 404 g/mol. The van der Waals surface area contributed by atoms with E-state index in [0.717, 1.165) is 59.9 Å². The SMILES string of the molecule is COc1ccc(NC(=O)N2CCC(c3cc(-c4cccc(C)c4)n[nH]3)CC2)c(C)c1. The van der Waals surface area contributed by atoms with Gasteiger partial charge in [0.2, 0.25) is 0 Å². The highest BCUT2D eigenvalue weighted by atomic mass is 16.5. The molecule has 0 bridgehead atoms. The second-order valence-electron chi connectivity index (χ2n) is 7.95. The Bertz CT molecular complexity index is 1040. The Hall–Kier alpha value is -3.28. The van der Waals surface area contributed by atoms with Crippen LogP contribution in [0.1, 0.15) is 35.6 Å². The lowest BCUT2D eigenvalue weighted by molar-refractivity contribution is 0.194. The van der Waals surface area contributed by atoms with Crippen LogP contribution in [-0.4, -0.2) is 41.3 Å². The number of H-pyrrole nitrogens is 1. The number of amides is 2. The number of aromatic nitrogens is 2. The van der Waals surface area contributed by atoms with Gasteiger partial charge in [-0.3, -0.25) is 5.10 Å². The first-order valence-corrected chi connectivity index (χ1v) is 10.4. The van der Waals surface area contributed by atoms with Crippen molar-refractivity contribution in [3.8, 4) is 17.0 Å². The average molecular weight is 405 g/mol. The highest BCUT2D eigenvalue weighted by molar-refractivity contribution is 5.90. The smallest absolute Gasteiger partial charge is 0.321 e. The van der Waals surface area contributed by atoms with Crippen LogP contribution in [0.4, 0.5) is 10.5 Å². The molecule has 6 heteroatoms. The number of ether oxygens (including phenoxy) is 1. The summed E-state index contributed by atoms with van der Waals surface area (Å²) < 4.78 is 5.23. The molecule has 0 atom stereocenters. The molecule has 1 aromatic heterocycles. The number of nitrogens with zero attached hydrogens (tertiary/aromatic N) is 2. The number of aromatic amines is 1. The number of likely N-dealkylation sites (tertiary alicyclic amines) is 1. The number of hydrogen-bond donors (Lipinski definition) is 2. The van der Waals surface area contributed by atoms with Crippen molar-refractivity contribution in [1.29, 1.82) is 0 Å². The van der Waals surface area contributed by atoms with Crippen molar-refractivity contribution >= 4 is 11.7 Å². The molecule has 1 fully saturated rings. The van der Waals surface area contributed by atoms with Crippen LogP contribution in [0.5, 0.6) is 5.75 Å². The van der Waals surface area contributed by atoms with E-state index in [9.17, 15) is 4.79 Å². The number of methoxy groups -OCH3 is 1. The molecule has 2 aromatic carbocycles. The number of carbonyl (C=O) groups is 1. The van der Waals surface area contributed by atoms with Crippen molar-refractivity contribution in [3.05, 3.63) is 65.4 Å². The number of urea groups is 1. The zero-order valence-corrected chi connectivity index (χ0v) is 17.7. The van der Waals surface area contributed by atoms with Gasteiger partial charge in [0.15, 0.2) is 0 Å². The first-order valence-electron chi connectivity index (χ1n) is 10.4. The Kier molecular flexibility index (Phi) is 5.74. The van der Waals surface area contributed by atoms with Crippen molar-refractivity contribution in [3.63, 3.8) is 0 Å². The van der Waals surface area contributed by atoms with Crippen LogP contribution in [0, 0.1) is 13.8 Å². The number of hydrogen-bond acceptors (Lipinski definition) is 3. The summed E-state index contributed by atoms with van der Waals surface area (Å²) in [5.41, 5.74) is 6.28. The molecule has 1 saturated heterocycles. The van der Waals surface area contributed by atoms with Crippen molar-refractivity contribution in [2.45, 2.75) is 32.6 Å². The quantitative estimate of drug-likeness (QED) is 0.634. The molecule has 156 valence electrons. The van der Waals surface area contributed by atoms with Gasteiger partial charge in [-0.15, -0.1) is 0 Å². The maximum atomic E-state index is 12.7. The first-order chi connectivity index (χ1) is 14.5. The molecular formula is C24H28N4O2. The third-order valence-electron chi connectivity index (χ3n) is 5.81. The first kappa shape index (κ1) is 20.0. The molecule has 2 amide bonds. The van der Waals surface area contributed by atoms with Crippen LogP contribution in [-0.2, 0) is 0 Å². The summed E-state index contributed by atoms with van der Waals surface area (Å²) in [7, 11) is 1.64. The van der Waals surface area contributed by atoms with E-state index in [2.05, 4.69) is 52.8 Å². The molecule has 0 unspecified atom stereocenters. The predicted octanol–water partition coefficient (Wildman–Crippen LogP) is 5.11. The van der Waals surface area contributed by atoms with E-state index in [-0.39, 0.29) is 6.03 Å². The van der Waals surface area contributed by atoms with Gasteiger partial charge >= 0.3 is 6.03 Å². The van der Waals surface area contributed by atoms with Gasteiger partial charge in [-0.25, -0.2) is 4.79 Å². The van der Waals surface area contributed by atoms with Gasteiger partial charge in [-0.2, -0.15) is 5.10 Å². The summed E-state index contributed by atoms with van der Waals surface area (Å²) in [5, 5.41) is 10.8. The second kappa shape index (κ2) is 8.61. The molecule has 2 heterocycles.